The Kier molecular flexibility index (Phi) is 6.40. The topological polar surface area (TPSA) is 66.5 Å². The molecule has 1 saturated heterocycles. The van der Waals surface area contributed by atoms with Crippen molar-refractivity contribution >= 4 is 15.9 Å². The van der Waals surface area contributed by atoms with E-state index in [4.69, 9.17) is 0 Å². The number of hydrogen-bond acceptors (Lipinski definition) is 3. The number of amides is 1. The lowest BCUT2D eigenvalue weighted by Gasteiger charge is -2.29. The van der Waals surface area contributed by atoms with Crippen LogP contribution in [0.5, 0.6) is 0 Å². The number of nitrogens with one attached hydrogen (secondary N) is 1. The van der Waals surface area contributed by atoms with Gasteiger partial charge in [-0.1, -0.05) is 44.2 Å². The SMILES string of the molecule is CC(C)[C@@H](C(=O)N[C@H](C)CCc1ccccc1)N1CCCS1(=O)=O. The van der Waals surface area contributed by atoms with Gasteiger partial charge in [0.15, 0.2) is 0 Å². The van der Waals surface area contributed by atoms with Crippen LogP contribution in [-0.2, 0) is 21.2 Å². The second-order valence-corrected chi connectivity index (χ2v) is 8.94. The minimum atomic E-state index is -3.29. The number of benzene rings is 1. The summed E-state index contributed by atoms with van der Waals surface area (Å²) < 4.78 is 25.7. The Hall–Kier alpha value is -1.40. The second-order valence-electron chi connectivity index (χ2n) is 6.90. The van der Waals surface area contributed by atoms with Gasteiger partial charge >= 0.3 is 0 Å². The fraction of sp³-hybridized carbons (Fsp3) is 0.611. The molecule has 1 amide bonds. The molecule has 0 saturated carbocycles. The smallest absolute Gasteiger partial charge is 0.238 e. The predicted molar refractivity (Wildman–Crippen MR) is 96.1 cm³/mol. The Morgan fingerprint density at radius 2 is 1.88 bits per heavy atom. The van der Waals surface area contributed by atoms with Crippen molar-refractivity contribution in [1.29, 1.82) is 0 Å². The molecule has 2 rings (SSSR count). The van der Waals surface area contributed by atoms with Gasteiger partial charge in [0, 0.05) is 12.6 Å². The summed E-state index contributed by atoms with van der Waals surface area (Å²) in [6, 6.07) is 9.53. The van der Waals surface area contributed by atoms with Crippen LogP contribution in [0.3, 0.4) is 0 Å². The minimum absolute atomic E-state index is 0.00395. The number of hydrogen-bond donors (Lipinski definition) is 1. The zero-order valence-corrected chi connectivity index (χ0v) is 15.6. The number of nitrogens with zero attached hydrogens (tertiary/aromatic N) is 1. The molecule has 0 aliphatic carbocycles. The summed E-state index contributed by atoms with van der Waals surface area (Å²) in [5.41, 5.74) is 1.24. The first-order valence-electron chi connectivity index (χ1n) is 8.65. The Bertz CT molecular complexity index is 643. The molecule has 0 bridgehead atoms. The van der Waals surface area contributed by atoms with Gasteiger partial charge in [-0.2, -0.15) is 4.31 Å². The minimum Gasteiger partial charge on any atom is -0.352 e. The fourth-order valence-electron chi connectivity index (χ4n) is 3.17. The number of carbonyl (C=O) groups excluding carboxylic acids is 1. The van der Waals surface area contributed by atoms with E-state index >= 15 is 0 Å². The zero-order chi connectivity index (χ0) is 17.7. The molecule has 1 heterocycles. The van der Waals surface area contributed by atoms with Crippen molar-refractivity contribution in [2.45, 2.75) is 52.1 Å². The molecule has 5 nitrogen and oxygen atoms in total. The highest BCUT2D eigenvalue weighted by Crippen LogP contribution is 2.22. The van der Waals surface area contributed by atoms with Crippen molar-refractivity contribution in [2.24, 2.45) is 5.92 Å². The molecule has 0 aromatic heterocycles. The quantitative estimate of drug-likeness (QED) is 0.818. The molecule has 1 aromatic rings. The molecule has 0 unspecified atom stereocenters. The van der Waals surface area contributed by atoms with Crippen LogP contribution in [0.1, 0.15) is 39.2 Å². The fourth-order valence-corrected chi connectivity index (χ4v) is 4.99. The van der Waals surface area contributed by atoms with Crippen LogP contribution in [0.15, 0.2) is 30.3 Å². The maximum atomic E-state index is 12.7. The van der Waals surface area contributed by atoms with Gasteiger partial charge in [0.1, 0.15) is 6.04 Å². The normalized spacial score (nSPS) is 20.0. The van der Waals surface area contributed by atoms with Crippen molar-refractivity contribution in [3.63, 3.8) is 0 Å². The summed E-state index contributed by atoms with van der Waals surface area (Å²) in [5.74, 6) is -0.0946. The van der Waals surface area contributed by atoms with E-state index in [1.807, 2.05) is 39.0 Å². The number of aryl methyl sites for hydroxylation is 1. The maximum Gasteiger partial charge on any atom is 0.238 e. The second kappa shape index (κ2) is 8.12. The Morgan fingerprint density at radius 1 is 1.21 bits per heavy atom. The Morgan fingerprint density at radius 3 is 2.42 bits per heavy atom. The Balaban J connectivity index is 1.95. The maximum absolute atomic E-state index is 12.7. The van der Waals surface area contributed by atoms with Crippen LogP contribution >= 0.6 is 0 Å². The summed E-state index contributed by atoms with van der Waals surface area (Å²) in [6.07, 6.45) is 2.31. The molecule has 2 atom stereocenters. The molecular weight excluding hydrogens is 324 g/mol. The largest absolute Gasteiger partial charge is 0.352 e. The molecule has 1 fully saturated rings. The van der Waals surface area contributed by atoms with Crippen molar-refractivity contribution in [1.82, 2.24) is 9.62 Å². The van der Waals surface area contributed by atoms with Gasteiger partial charge in [0.25, 0.3) is 0 Å². The van der Waals surface area contributed by atoms with Crippen molar-refractivity contribution in [3.05, 3.63) is 35.9 Å². The van der Waals surface area contributed by atoms with Crippen molar-refractivity contribution < 1.29 is 13.2 Å². The van der Waals surface area contributed by atoms with Gasteiger partial charge in [-0.25, -0.2) is 8.42 Å². The first-order chi connectivity index (χ1) is 11.3. The molecule has 0 radical (unpaired) electrons. The average Bonchev–Trinajstić information content (AvgIpc) is 2.85. The van der Waals surface area contributed by atoms with Gasteiger partial charge in [-0.15, -0.1) is 0 Å². The summed E-state index contributed by atoms with van der Waals surface area (Å²) in [7, 11) is -3.29. The van der Waals surface area contributed by atoms with Crippen molar-refractivity contribution in [2.75, 3.05) is 12.3 Å². The molecule has 6 heteroatoms. The molecule has 1 N–H and O–H groups in total. The van der Waals surface area contributed by atoms with E-state index in [0.717, 1.165) is 12.8 Å². The van der Waals surface area contributed by atoms with Crippen LogP contribution in [0.2, 0.25) is 0 Å². The van der Waals surface area contributed by atoms with Crippen LogP contribution in [-0.4, -0.2) is 43.0 Å². The molecule has 134 valence electrons. The lowest BCUT2D eigenvalue weighted by molar-refractivity contribution is -0.126. The monoisotopic (exact) mass is 352 g/mol. The average molecular weight is 353 g/mol. The van der Waals surface area contributed by atoms with Crippen LogP contribution in [0.4, 0.5) is 0 Å². The lowest BCUT2D eigenvalue weighted by atomic mass is 10.0. The third-order valence-corrected chi connectivity index (χ3v) is 6.37. The van der Waals surface area contributed by atoms with Gasteiger partial charge in [-0.05, 0) is 37.7 Å². The van der Waals surface area contributed by atoms with E-state index in [0.29, 0.717) is 13.0 Å². The van der Waals surface area contributed by atoms with Gasteiger partial charge in [0.05, 0.1) is 5.75 Å². The van der Waals surface area contributed by atoms with E-state index in [1.165, 1.54) is 9.87 Å². The van der Waals surface area contributed by atoms with Crippen LogP contribution in [0.25, 0.3) is 0 Å². The van der Waals surface area contributed by atoms with E-state index < -0.39 is 16.1 Å². The molecule has 1 aliphatic heterocycles. The number of carbonyl (C=O) groups is 1. The predicted octanol–water partition coefficient (Wildman–Crippen LogP) is 2.18. The summed E-state index contributed by atoms with van der Waals surface area (Å²) in [4.78, 5) is 12.7. The summed E-state index contributed by atoms with van der Waals surface area (Å²) in [5, 5.41) is 3.00. The van der Waals surface area contributed by atoms with Crippen LogP contribution in [0, 0.1) is 5.92 Å². The highest BCUT2D eigenvalue weighted by atomic mass is 32.2. The highest BCUT2D eigenvalue weighted by Gasteiger charge is 2.40. The van der Waals surface area contributed by atoms with Crippen molar-refractivity contribution in [3.8, 4) is 0 Å². The summed E-state index contributed by atoms with van der Waals surface area (Å²) >= 11 is 0. The summed E-state index contributed by atoms with van der Waals surface area (Å²) in [6.45, 7) is 6.20. The van der Waals surface area contributed by atoms with Gasteiger partial charge in [-0.3, -0.25) is 4.79 Å². The zero-order valence-electron chi connectivity index (χ0n) is 14.7. The molecule has 0 spiro atoms. The highest BCUT2D eigenvalue weighted by molar-refractivity contribution is 7.89. The third kappa shape index (κ3) is 4.80. The lowest BCUT2D eigenvalue weighted by Crippen LogP contribution is -2.52. The van der Waals surface area contributed by atoms with E-state index in [2.05, 4.69) is 17.4 Å². The standard InChI is InChI=1S/C18H28N2O3S/c1-14(2)17(20-12-7-13-24(20,22)23)18(21)19-15(3)10-11-16-8-5-4-6-9-16/h4-6,8-9,14-15,17H,7,10-13H2,1-3H3,(H,19,21)/t15-,17+/m1/s1. The van der Waals surface area contributed by atoms with E-state index in [-0.39, 0.29) is 23.6 Å². The molecular formula is C18H28N2O3S. The molecule has 1 aliphatic rings. The van der Waals surface area contributed by atoms with Gasteiger partial charge < -0.3 is 5.32 Å². The third-order valence-electron chi connectivity index (χ3n) is 4.45. The molecule has 1 aromatic carbocycles. The van der Waals surface area contributed by atoms with E-state index in [1.54, 1.807) is 0 Å². The molecule has 24 heavy (non-hydrogen) atoms. The van der Waals surface area contributed by atoms with E-state index in [9.17, 15) is 13.2 Å². The first-order valence-corrected chi connectivity index (χ1v) is 10.3. The first kappa shape index (κ1) is 18.9. The number of sulfonamides is 1. The van der Waals surface area contributed by atoms with Gasteiger partial charge in [0.2, 0.25) is 15.9 Å². The number of rotatable bonds is 7. The Labute approximate surface area is 145 Å². The van der Waals surface area contributed by atoms with Crippen LogP contribution < -0.4 is 5.32 Å².